The number of amides is 3. The van der Waals surface area contributed by atoms with Crippen LogP contribution in [-0.2, 0) is 19.1 Å². The van der Waals surface area contributed by atoms with E-state index in [9.17, 15) is 14.4 Å². The standard InChI is InChI=1S/C26H33N3O4/c1-28-14-10-21(11-15-28)26(32)29-16-12-22(13-17-29)33-18-2-3-19-4-6-20(7-5-19)23-8-9-24(30)27-25(23)31/h4-7,21-23H,8-18H2,1H3,(H,27,30,31). The molecular weight excluding hydrogens is 418 g/mol. The molecule has 7 heteroatoms. The van der Waals surface area contributed by atoms with Gasteiger partial charge in [-0.2, -0.15) is 0 Å². The molecule has 1 unspecified atom stereocenters. The van der Waals surface area contributed by atoms with Crippen molar-refractivity contribution in [3.63, 3.8) is 0 Å². The van der Waals surface area contributed by atoms with Crippen LogP contribution in [0.4, 0.5) is 0 Å². The SMILES string of the molecule is CN1CCC(C(=O)N2CCC(OCC#Cc3ccc(C4CCC(=O)NC4=O)cc3)CC2)CC1. The smallest absolute Gasteiger partial charge is 0.234 e. The molecule has 0 spiro atoms. The Morgan fingerprint density at radius 1 is 1.03 bits per heavy atom. The van der Waals surface area contributed by atoms with E-state index in [1.165, 1.54) is 0 Å². The highest BCUT2D eigenvalue weighted by atomic mass is 16.5. The molecule has 3 saturated heterocycles. The number of piperidine rings is 3. The lowest BCUT2D eigenvalue weighted by Gasteiger charge is -2.36. The number of likely N-dealkylation sites (tertiary alicyclic amines) is 2. The van der Waals surface area contributed by atoms with E-state index in [-0.39, 0.29) is 29.8 Å². The number of imide groups is 1. The summed E-state index contributed by atoms with van der Waals surface area (Å²) in [4.78, 5) is 40.4. The third kappa shape index (κ3) is 6.21. The lowest BCUT2D eigenvalue weighted by Crippen LogP contribution is -2.46. The molecule has 1 aromatic carbocycles. The van der Waals surface area contributed by atoms with Crippen LogP contribution >= 0.6 is 0 Å². The lowest BCUT2D eigenvalue weighted by atomic mass is 9.90. The van der Waals surface area contributed by atoms with Crippen molar-refractivity contribution in [3.8, 4) is 11.8 Å². The fraction of sp³-hybridized carbons (Fsp3) is 0.577. The third-order valence-corrected chi connectivity index (χ3v) is 7.00. The average Bonchev–Trinajstić information content (AvgIpc) is 2.83. The normalized spacial score (nSPS) is 23.1. The highest BCUT2D eigenvalue weighted by Crippen LogP contribution is 2.25. The minimum Gasteiger partial charge on any atom is -0.365 e. The van der Waals surface area contributed by atoms with Gasteiger partial charge in [-0.1, -0.05) is 24.0 Å². The number of ether oxygens (including phenoxy) is 1. The lowest BCUT2D eigenvalue weighted by molar-refractivity contribution is -0.139. The van der Waals surface area contributed by atoms with Crippen LogP contribution in [0.2, 0.25) is 0 Å². The summed E-state index contributed by atoms with van der Waals surface area (Å²) < 4.78 is 5.93. The summed E-state index contributed by atoms with van der Waals surface area (Å²) in [6.45, 7) is 3.92. The molecule has 176 valence electrons. The van der Waals surface area contributed by atoms with Gasteiger partial charge < -0.3 is 14.5 Å². The summed E-state index contributed by atoms with van der Waals surface area (Å²) >= 11 is 0. The van der Waals surface area contributed by atoms with E-state index in [0.717, 1.165) is 63.0 Å². The van der Waals surface area contributed by atoms with E-state index in [0.29, 0.717) is 25.4 Å². The van der Waals surface area contributed by atoms with Gasteiger partial charge in [0.2, 0.25) is 17.7 Å². The number of hydrogen-bond acceptors (Lipinski definition) is 5. The molecule has 3 amide bonds. The molecule has 0 saturated carbocycles. The summed E-state index contributed by atoms with van der Waals surface area (Å²) in [6, 6.07) is 7.61. The van der Waals surface area contributed by atoms with Gasteiger partial charge in [0.1, 0.15) is 6.61 Å². The topological polar surface area (TPSA) is 79.0 Å². The van der Waals surface area contributed by atoms with Gasteiger partial charge in [-0.05, 0) is 69.9 Å². The van der Waals surface area contributed by atoms with Gasteiger partial charge in [-0.3, -0.25) is 19.7 Å². The Morgan fingerprint density at radius 2 is 1.73 bits per heavy atom. The van der Waals surface area contributed by atoms with Crippen molar-refractivity contribution in [2.24, 2.45) is 5.92 Å². The van der Waals surface area contributed by atoms with Gasteiger partial charge in [0.25, 0.3) is 0 Å². The van der Waals surface area contributed by atoms with E-state index in [1.807, 2.05) is 29.2 Å². The van der Waals surface area contributed by atoms with Crippen LogP contribution in [0.15, 0.2) is 24.3 Å². The second kappa shape index (κ2) is 11.0. The van der Waals surface area contributed by atoms with Gasteiger partial charge in [0.05, 0.1) is 12.0 Å². The molecule has 3 fully saturated rings. The second-order valence-electron chi connectivity index (χ2n) is 9.34. The molecule has 3 aliphatic rings. The van der Waals surface area contributed by atoms with E-state index < -0.39 is 0 Å². The highest BCUT2D eigenvalue weighted by Gasteiger charge is 2.30. The second-order valence-corrected chi connectivity index (χ2v) is 9.34. The molecule has 3 heterocycles. The van der Waals surface area contributed by atoms with Gasteiger partial charge in [-0.15, -0.1) is 0 Å². The van der Waals surface area contributed by atoms with E-state index in [4.69, 9.17) is 4.74 Å². The van der Waals surface area contributed by atoms with Crippen molar-refractivity contribution >= 4 is 17.7 Å². The Morgan fingerprint density at radius 3 is 2.39 bits per heavy atom. The fourth-order valence-corrected chi connectivity index (χ4v) is 4.86. The number of hydrogen-bond donors (Lipinski definition) is 1. The first-order chi connectivity index (χ1) is 16.0. The molecule has 4 rings (SSSR count). The monoisotopic (exact) mass is 451 g/mol. The van der Waals surface area contributed by atoms with Crippen LogP contribution in [0.1, 0.15) is 55.6 Å². The van der Waals surface area contributed by atoms with Crippen LogP contribution < -0.4 is 5.32 Å². The van der Waals surface area contributed by atoms with Crippen LogP contribution in [0.3, 0.4) is 0 Å². The highest BCUT2D eigenvalue weighted by molar-refractivity contribution is 6.00. The summed E-state index contributed by atoms with van der Waals surface area (Å²) in [5.41, 5.74) is 1.77. The Labute approximate surface area is 195 Å². The van der Waals surface area contributed by atoms with Crippen molar-refractivity contribution in [3.05, 3.63) is 35.4 Å². The first kappa shape index (κ1) is 23.5. The zero-order chi connectivity index (χ0) is 23.2. The van der Waals surface area contributed by atoms with E-state index >= 15 is 0 Å². The Kier molecular flexibility index (Phi) is 7.79. The van der Waals surface area contributed by atoms with Crippen LogP contribution in [0.25, 0.3) is 0 Å². The first-order valence-corrected chi connectivity index (χ1v) is 12.0. The van der Waals surface area contributed by atoms with Crippen LogP contribution in [0.5, 0.6) is 0 Å². The molecule has 0 aromatic heterocycles. The molecule has 0 aliphatic carbocycles. The molecule has 0 bridgehead atoms. The maximum Gasteiger partial charge on any atom is 0.234 e. The molecule has 3 aliphatic heterocycles. The summed E-state index contributed by atoms with van der Waals surface area (Å²) in [5, 5.41) is 2.40. The number of benzene rings is 1. The number of nitrogens with zero attached hydrogens (tertiary/aromatic N) is 2. The Hall–Kier alpha value is -2.69. The Balaban J connectivity index is 1.18. The van der Waals surface area contributed by atoms with Crippen LogP contribution in [0, 0.1) is 17.8 Å². The average molecular weight is 452 g/mol. The maximum absolute atomic E-state index is 12.7. The van der Waals surface area contributed by atoms with Crippen molar-refractivity contribution in [2.75, 3.05) is 39.8 Å². The largest absolute Gasteiger partial charge is 0.365 e. The summed E-state index contributed by atoms with van der Waals surface area (Å²) in [5.74, 6) is 5.99. The molecule has 1 aromatic rings. The quantitative estimate of drug-likeness (QED) is 0.559. The number of carbonyl (C=O) groups excluding carboxylic acids is 3. The number of carbonyl (C=O) groups is 3. The fourth-order valence-electron chi connectivity index (χ4n) is 4.86. The molecular formula is C26H33N3O4. The predicted octanol–water partition coefficient (Wildman–Crippen LogP) is 1.91. The van der Waals surface area contributed by atoms with Gasteiger partial charge in [0, 0.05) is 31.0 Å². The summed E-state index contributed by atoms with van der Waals surface area (Å²) in [7, 11) is 2.11. The minimum atomic E-state index is -0.273. The zero-order valence-electron chi connectivity index (χ0n) is 19.3. The molecule has 7 nitrogen and oxygen atoms in total. The number of rotatable bonds is 4. The zero-order valence-corrected chi connectivity index (χ0v) is 19.3. The molecule has 1 N–H and O–H groups in total. The number of nitrogens with one attached hydrogen (secondary N) is 1. The first-order valence-electron chi connectivity index (χ1n) is 12.0. The maximum atomic E-state index is 12.7. The van der Waals surface area contributed by atoms with Crippen molar-refractivity contribution in [1.29, 1.82) is 0 Å². The van der Waals surface area contributed by atoms with Crippen molar-refractivity contribution < 1.29 is 19.1 Å². The predicted molar refractivity (Wildman–Crippen MR) is 124 cm³/mol. The van der Waals surface area contributed by atoms with Crippen LogP contribution in [-0.4, -0.2) is 73.5 Å². The summed E-state index contributed by atoms with van der Waals surface area (Å²) in [6.07, 6.45) is 4.73. The van der Waals surface area contributed by atoms with E-state index in [1.54, 1.807) is 0 Å². The molecule has 1 atom stereocenters. The van der Waals surface area contributed by atoms with Crippen molar-refractivity contribution in [1.82, 2.24) is 15.1 Å². The van der Waals surface area contributed by atoms with Crippen molar-refractivity contribution in [2.45, 2.75) is 50.5 Å². The van der Waals surface area contributed by atoms with E-state index in [2.05, 4.69) is 29.1 Å². The molecule has 0 radical (unpaired) electrons. The van der Waals surface area contributed by atoms with Gasteiger partial charge in [-0.25, -0.2) is 0 Å². The Bertz CT molecular complexity index is 917. The van der Waals surface area contributed by atoms with Gasteiger partial charge >= 0.3 is 0 Å². The third-order valence-electron chi connectivity index (χ3n) is 7.00. The molecule has 33 heavy (non-hydrogen) atoms. The van der Waals surface area contributed by atoms with Gasteiger partial charge in [0.15, 0.2) is 0 Å². The minimum absolute atomic E-state index is 0.149.